The van der Waals surface area contributed by atoms with Crippen LogP contribution in [0.3, 0.4) is 0 Å². The summed E-state index contributed by atoms with van der Waals surface area (Å²) in [5.74, 6) is 1.34. The van der Waals surface area contributed by atoms with Gasteiger partial charge in [-0.1, -0.05) is 64.1 Å². The van der Waals surface area contributed by atoms with Crippen LogP contribution in [0.5, 0.6) is 11.5 Å². The highest BCUT2D eigenvalue weighted by Gasteiger charge is 2.29. The van der Waals surface area contributed by atoms with Crippen LogP contribution in [-0.2, 0) is 0 Å². The summed E-state index contributed by atoms with van der Waals surface area (Å²) in [7, 11) is 0. The molecule has 5 nitrogen and oxygen atoms in total. The fourth-order valence-corrected chi connectivity index (χ4v) is 5.24. The third-order valence-electron chi connectivity index (χ3n) is 6.93. The predicted molar refractivity (Wildman–Crippen MR) is 146 cm³/mol. The molecular weight excluding hydrogens is 446 g/mol. The molecule has 36 heavy (non-hydrogen) atoms. The number of hydrogen-bond acceptors (Lipinski definition) is 4. The fraction of sp³-hybridized carbons (Fsp3) is 0.226. The molecule has 0 bridgehead atoms. The average molecular weight is 476 g/mol. The second-order valence-electron chi connectivity index (χ2n) is 9.99. The van der Waals surface area contributed by atoms with Crippen LogP contribution in [0.2, 0.25) is 0 Å². The van der Waals surface area contributed by atoms with Gasteiger partial charge >= 0.3 is 0 Å². The molecule has 4 aromatic rings. The summed E-state index contributed by atoms with van der Waals surface area (Å²) >= 11 is 0. The number of nitrogen functional groups attached to an aromatic ring is 1. The van der Waals surface area contributed by atoms with Gasteiger partial charge in [0.25, 0.3) is 5.91 Å². The zero-order chi connectivity index (χ0) is 25.7. The standard InChI is InChI=1S/C31H29N3O2/c1-16(2)20-10-8-11-21(17(3)4)29(20)34-31(35)23-14-19(15-32)27-22-9-6-7-12-25(22)36-30-24(33)13-18(5)26(23)28(27)30/h6-14,16-17H,33H2,1-5H3,(H,34,35). The maximum Gasteiger partial charge on any atom is 0.256 e. The van der Waals surface area contributed by atoms with Crippen LogP contribution < -0.4 is 15.8 Å². The number of hydrogen-bond donors (Lipinski definition) is 2. The minimum Gasteiger partial charge on any atom is -0.454 e. The quantitative estimate of drug-likeness (QED) is 0.259. The normalized spacial score (nSPS) is 11.8. The first-order valence-electron chi connectivity index (χ1n) is 12.2. The number of nitrogens with one attached hydrogen (secondary N) is 1. The lowest BCUT2D eigenvalue weighted by molar-refractivity contribution is 0.102. The molecule has 3 N–H and O–H groups in total. The Labute approximate surface area is 211 Å². The Morgan fingerprint density at radius 1 is 0.972 bits per heavy atom. The van der Waals surface area contributed by atoms with Crippen molar-refractivity contribution in [2.75, 3.05) is 11.1 Å². The van der Waals surface area contributed by atoms with Crippen LogP contribution in [0, 0.1) is 18.3 Å². The van der Waals surface area contributed by atoms with Crippen molar-refractivity contribution in [3.8, 4) is 28.7 Å². The predicted octanol–water partition coefficient (Wildman–Crippen LogP) is 7.87. The van der Waals surface area contributed by atoms with Crippen LogP contribution >= 0.6 is 0 Å². The summed E-state index contributed by atoms with van der Waals surface area (Å²) in [5.41, 5.74) is 13.1. The van der Waals surface area contributed by atoms with Gasteiger partial charge in [0.1, 0.15) is 5.75 Å². The van der Waals surface area contributed by atoms with Gasteiger partial charge in [-0.25, -0.2) is 0 Å². The van der Waals surface area contributed by atoms with Gasteiger partial charge in [-0.3, -0.25) is 4.79 Å². The Kier molecular flexibility index (Phi) is 5.68. The number of fused-ring (bicyclic) bond motifs is 2. The van der Waals surface area contributed by atoms with Gasteiger partial charge in [0.15, 0.2) is 5.75 Å². The number of anilines is 2. The molecule has 1 aliphatic rings. The summed E-state index contributed by atoms with van der Waals surface area (Å²) in [4.78, 5) is 14.0. The van der Waals surface area contributed by atoms with Crippen LogP contribution in [0.25, 0.3) is 21.9 Å². The highest BCUT2D eigenvalue weighted by Crippen LogP contribution is 2.51. The topological polar surface area (TPSA) is 88.1 Å². The number of nitriles is 1. The Hall–Kier alpha value is -4.30. The summed E-state index contributed by atoms with van der Waals surface area (Å²) in [6.07, 6.45) is 0. The van der Waals surface area contributed by atoms with Gasteiger partial charge in [-0.2, -0.15) is 5.26 Å². The number of amides is 1. The Morgan fingerprint density at radius 3 is 2.28 bits per heavy atom. The van der Waals surface area contributed by atoms with E-state index in [1.165, 1.54) is 0 Å². The molecular formula is C31H29N3O2. The molecule has 0 atom stereocenters. The van der Waals surface area contributed by atoms with Crippen LogP contribution in [0.1, 0.15) is 72.1 Å². The van der Waals surface area contributed by atoms with E-state index in [2.05, 4.69) is 51.2 Å². The number of rotatable bonds is 4. The second-order valence-corrected chi connectivity index (χ2v) is 9.99. The molecule has 0 radical (unpaired) electrons. The van der Waals surface area contributed by atoms with E-state index in [1.807, 2.05) is 43.3 Å². The fourth-order valence-electron chi connectivity index (χ4n) is 5.24. The third-order valence-corrected chi connectivity index (χ3v) is 6.93. The number of carbonyl (C=O) groups is 1. The summed E-state index contributed by atoms with van der Waals surface area (Å²) in [6.45, 7) is 10.4. The second kappa shape index (κ2) is 8.73. The lowest BCUT2D eigenvalue weighted by Gasteiger charge is -2.26. The van der Waals surface area contributed by atoms with E-state index >= 15 is 0 Å². The van der Waals surface area contributed by atoms with E-state index in [9.17, 15) is 10.1 Å². The van der Waals surface area contributed by atoms with Crippen molar-refractivity contribution in [1.29, 1.82) is 5.26 Å². The average Bonchev–Trinajstić information content (AvgIpc) is 2.85. The maximum absolute atomic E-state index is 14.0. The molecule has 180 valence electrons. The van der Waals surface area contributed by atoms with E-state index in [0.29, 0.717) is 33.7 Å². The molecule has 1 heterocycles. The van der Waals surface area contributed by atoms with Crippen LogP contribution in [0.15, 0.2) is 54.6 Å². The molecule has 1 aliphatic heterocycles. The molecule has 4 aromatic carbocycles. The zero-order valence-corrected chi connectivity index (χ0v) is 21.2. The lowest BCUT2D eigenvalue weighted by atomic mass is 9.85. The molecule has 1 amide bonds. The summed E-state index contributed by atoms with van der Waals surface area (Å²) in [5, 5.41) is 14.8. The summed E-state index contributed by atoms with van der Waals surface area (Å²) in [6, 6.07) is 19.6. The minimum absolute atomic E-state index is 0.233. The van der Waals surface area contributed by atoms with E-state index in [4.69, 9.17) is 10.5 Å². The van der Waals surface area contributed by atoms with E-state index < -0.39 is 0 Å². The molecule has 0 spiro atoms. The largest absolute Gasteiger partial charge is 0.454 e. The monoisotopic (exact) mass is 475 g/mol. The van der Waals surface area contributed by atoms with Crippen LogP contribution in [0.4, 0.5) is 11.4 Å². The number of nitrogens with zero attached hydrogens (tertiary/aromatic N) is 1. The molecule has 0 saturated heterocycles. The first-order chi connectivity index (χ1) is 17.2. The van der Waals surface area contributed by atoms with Crippen LogP contribution in [-0.4, -0.2) is 5.91 Å². The molecule has 0 aliphatic carbocycles. The highest BCUT2D eigenvalue weighted by atomic mass is 16.5. The van der Waals surface area contributed by atoms with Crippen molar-refractivity contribution < 1.29 is 9.53 Å². The maximum atomic E-state index is 14.0. The van der Waals surface area contributed by atoms with Crippen molar-refractivity contribution in [1.82, 2.24) is 0 Å². The van der Waals surface area contributed by atoms with E-state index in [1.54, 1.807) is 6.07 Å². The molecule has 5 heteroatoms. The first kappa shape index (κ1) is 23.4. The van der Waals surface area contributed by atoms with Crippen molar-refractivity contribution in [3.63, 3.8) is 0 Å². The van der Waals surface area contributed by atoms with E-state index in [-0.39, 0.29) is 17.7 Å². The molecule has 0 saturated carbocycles. The molecule has 0 unspecified atom stereocenters. The van der Waals surface area contributed by atoms with Gasteiger partial charge in [0, 0.05) is 33.2 Å². The zero-order valence-electron chi connectivity index (χ0n) is 21.2. The highest BCUT2D eigenvalue weighted by molar-refractivity contribution is 6.20. The lowest BCUT2D eigenvalue weighted by Crippen LogP contribution is -2.17. The van der Waals surface area contributed by atoms with Gasteiger partial charge in [0.2, 0.25) is 0 Å². The number of nitrogens with two attached hydrogens (primary N) is 1. The number of ether oxygens (including phenoxy) is 1. The molecule has 5 rings (SSSR count). The van der Waals surface area contributed by atoms with Gasteiger partial charge < -0.3 is 15.8 Å². The Morgan fingerprint density at radius 2 is 1.64 bits per heavy atom. The number of carbonyl (C=O) groups excluding carboxylic acids is 1. The Balaban J connectivity index is 1.78. The molecule has 0 aromatic heterocycles. The van der Waals surface area contributed by atoms with Crippen molar-refractivity contribution in [2.45, 2.75) is 46.5 Å². The number of benzene rings is 4. The minimum atomic E-state index is -0.259. The number of para-hydroxylation sites is 2. The Bertz CT molecular complexity index is 1570. The summed E-state index contributed by atoms with van der Waals surface area (Å²) < 4.78 is 6.22. The third kappa shape index (κ3) is 3.58. The molecule has 0 fully saturated rings. The van der Waals surface area contributed by atoms with Crippen molar-refractivity contribution in [3.05, 3.63) is 82.4 Å². The first-order valence-corrected chi connectivity index (χ1v) is 12.2. The van der Waals surface area contributed by atoms with Crippen molar-refractivity contribution in [2.24, 2.45) is 0 Å². The van der Waals surface area contributed by atoms with Gasteiger partial charge in [0.05, 0.1) is 17.3 Å². The number of aryl methyl sites for hydroxylation is 1. The van der Waals surface area contributed by atoms with Gasteiger partial charge in [-0.15, -0.1) is 0 Å². The van der Waals surface area contributed by atoms with Gasteiger partial charge in [-0.05, 0) is 53.6 Å². The smallest absolute Gasteiger partial charge is 0.256 e. The van der Waals surface area contributed by atoms with E-state index in [0.717, 1.165) is 38.9 Å². The SMILES string of the molecule is Cc1cc(N)c2c3c(c(C#N)cc(C(=O)Nc4c(C(C)C)cccc4C(C)C)c13)-c1ccccc1O2. The van der Waals surface area contributed by atoms with Crippen molar-refractivity contribution >= 4 is 28.1 Å².